The quantitative estimate of drug-likeness (QED) is 0.0124. The zero-order chi connectivity index (χ0) is 56.9. The molecule has 1 fully saturated rings. The molecule has 0 amide bonds. The van der Waals surface area contributed by atoms with Gasteiger partial charge in [-0.1, -0.05) is 132 Å². The summed E-state index contributed by atoms with van der Waals surface area (Å²) in [7, 11) is 0. The van der Waals surface area contributed by atoms with Crippen LogP contribution >= 0.6 is 11.6 Å². The number of hydrogen-bond donors (Lipinski definition) is 8. The second-order valence-electron chi connectivity index (χ2n) is 20.7. The predicted molar refractivity (Wildman–Crippen MR) is 286 cm³/mol. The van der Waals surface area contributed by atoms with E-state index in [4.69, 9.17) is 46.6 Å². The number of hydrogen-bond acceptors (Lipinski definition) is 15. The molecular formula is C54H99CaClO18+2. The number of carboxylic acid groups (broad SMARTS) is 3. The molecule has 1 rings (SSSR count). The summed E-state index contributed by atoms with van der Waals surface area (Å²) < 4.78 is 10.2. The van der Waals surface area contributed by atoms with Crippen molar-refractivity contribution in [2.24, 2.45) is 16.2 Å². The van der Waals surface area contributed by atoms with Gasteiger partial charge in [0.05, 0.1) is 19.8 Å². The van der Waals surface area contributed by atoms with Crippen molar-refractivity contribution < 1.29 is 88.7 Å². The van der Waals surface area contributed by atoms with Gasteiger partial charge in [0, 0.05) is 80.8 Å². The first-order valence-corrected chi connectivity index (χ1v) is 26.9. The molecule has 0 spiro atoms. The van der Waals surface area contributed by atoms with Gasteiger partial charge in [0.15, 0.2) is 17.3 Å². The Bertz CT molecular complexity index is 1440. The van der Waals surface area contributed by atoms with Crippen LogP contribution in [0.1, 0.15) is 229 Å². The van der Waals surface area contributed by atoms with E-state index in [2.05, 4.69) is 13.8 Å². The molecule has 1 saturated heterocycles. The summed E-state index contributed by atoms with van der Waals surface area (Å²) in [5.74, 6) is -4.45. The number of aliphatic hydroxyl groups is 5. The molecule has 3 unspecified atom stereocenters. The van der Waals surface area contributed by atoms with Gasteiger partial charge >= 0.3 is 61.6 Å². The van der Waals surface area contributed by atoms with E-state index >= 15 is 0 Å². The smallest absolute Gasteiger partial charge is 0.481 e. The van der Waals surface area contributed by atoms with E-state index in [1.54, 1.807) is 41.5 Å². The normalized spacial score (nSPS) is 13.2. The number of Topliss-reactive ketones (excluding diaryl/α,β-unsaturated/α-hetero) is 3. The number of esters is 1. The zero-order valence-corrected chi connectivity index (χ0v) is 49.6. The van der Waals surface area contributed by atoms with Gasteiger partial charge in [0.1, 0.15) is 18.3 Å². The van der Waals surface area contributed by atoms with Crippen LogP contribution in [0.5, 0.6) is 0 Å². The first-order valence-electron chi connectivity index (χ1n) is 26.5. The summed E-state index contributed by atoms with van der Waals surface area (Å²) in [6.07, 6.45) is 16.6. The van der Waals surface area contributed by atoms with Crippen molar-refractivity contribution in [1.82, 2.24) is 0 Å². The molecule has 430 valence electrons. The van der Waals surface area contributed by atoms with Crippen molar-refractivity contribution in [1.29, 1.82) is 0 Å². The van der Waals surface area contributed by atoms with Crippen molar-refractivity contribution in [3.63, 3.8) is 0 Å². The van der Waals surface area contributed by atoms with Crippen LogP contribution < -0.4 is 0 Å². The standard InChI is InChI=1S/C20H36O6.C10H19ClO.2C10H18O5.C4H8O.Ca/c1-4-5-6-7-8-9-10-14-18(24)26-15-20(2,3)19(25)16(21)12-11-13-17(22)23;1-2-3-4-5-6-7-8-9-10(11)12;2*1-10(2,6-11)9(15)7(12)4-3-5-8(13)14;1-2-4-5-3-1;/h19,25H,4-15H2,1-3H3,(H,22,23);2-9H2,1H3;2*9,11,15H,3-6H2,1-2H3,(H,13,14);1-4H2;/q;;;;;+2. The third kappa shape index (κ3) is 50.7. The molecule has 8 N–H and O–H groups in total. The molecule has 1 aliphatic rings. The Morgan fingerprint density at radius 3 is 1.03 bits per heavy atom. The first-order chi connectivity index (χ1) is 34.1. The number of aliphatic carboxylic acids is 3. The Balaban J connectivity index is -0.000000286. The molecule has 0 bridgehead atoms. The topological polar surface area (TPSA) is 317 Å². The van der Waals surface area contributed by atoms with E-state index in [1.165, 1.54) is 70.6 Å². The van der Waals surface area contributed by atoms with Gasteiger partial charge in [-0.2, -0.15) is 0 Å². The third-order valence-corrected chi connectivity index (χ3v) is 12.0. The largest absolute Gasteiger partial charge is 2.00 e. The second-order valence-corrected chi connectivity index (χ2v) is 21.1. The second kappa shape index (κ2) is 50.4. The Hall–Kier alpha value is -2.13. The maximum atomic E-state index is 12.0. The molecule has 0 aromatic carbocycles. The number of aliphatic hydroxyl groups excluding tert-OH is 5. The molecule has 20 heteroatoms. The molecule has 1 heterocycles. The maximum Gasteiger partial charge on any atom is 2.00 e. The fourth-order valence-corrected chi connectivity index (χ4v) is 6.64. The number of ether oxygens (including phenoxy) is 2. The van der Waals surface area contributed by atoms with Crippen molar-refractivity contribution in [3.05, 3.63) is 0 Å². The van der Waals surface area contributed by atoms with Gasteiger partial charge in [-0.3, -0.25) is 38.4 Å². The van der Waals surface area contributed by atoms with E-state index in [-0.39, 0.29) is 127 Å². The van der Waals surface area contributed by atoms with Gasteiger partial charge < -0.3 is 50.3 Å². The van der Waals surface area contributed by atoms with E-state index in [0.717, 1.165) is 45.3 Å². The van der Waals surface area contributed by atoms with E-state index in [0.29, 0.717) is 12.8 Å². The van der Waals surface area contributed by atoms with Gasteiger partial charge in [0.2, 0.25) is 5.24 Å². The van der Waals surface area contributed by atoms with Crippen LogP contribution in [0.4, 0.5) is 0 Å². The fraction of sp³-hybridized carbons (Fsp3) is 0.852. The number of rotatable bonds is 38. The Kier molecular flexibility index (Phi) is 55.0. The molecule has 74 heavy (non-hydrogen) atoms. The van der Waals surface area contributed by atoms with Crippen LogP contribution in [0.15, 0.2) is 0 Å². The summed E-state index contributed by atoms with van der Waals surface area (Å²) in [5.41, 5.74) is -2.64. The van der Waals surface area contributed by atoms with Gasteiger partial charge in [0.25, 0.3) is 0 Å². The molecule has 18 nitrogen and oxygen atoms in total. The molecule has 3 atom stereocenters. The third-order valence-electron chi connectivity index (χ3n) is 11.8. The minimum Gasteiger partial charge on any atom is -0.481 e. The summed E-state index contributed by atoms with van der Waals surface area (Å²) in [4.78, 5) is 87.7. The van der Waals surface area contributed by atoms with Gasteiger partial charge in [-0.15, -0.1) is 0 Å². The van der Waals surface area contributed by atoms with Crippen LogP contribution in [-0.2, 0) is 47.8 Å². The number of carbonyl (C=O) groups is 8. The van der Waals surface area contributed by atoms with Crippen molar-refractivity contribution >= 4 is 95.8 Å². The van der Waals surface area contributed by atoms with Crippen molar-refractivity contribution in [2.75, 3.05) is 33.0 Å². The number of halogens is 1. The summed E-state index contributed by atoms with van der Waals surface area (Å²) in [6, 6.07) is 0. The van der Waals surface area contributed by atoms with Crippen LogP contribution in [0.25, 0.3) is 0 Å². The van der Waals surface area contributed by atoms with Crippen LogP contribution in [0, 0.1) is 16.2 Å². The number of carboxylic acids is 3. The molecule has 0 aliphatic carbocycles. The maximum absolute atomic E-state index is 12.0. The molecule has 1 aliphatic heterocycles. The number of ketones is 3. The van der Waals surface area contributed by atoms with E-state index in [9.17, 15) is 53.7 Å². The predicted octanol–water partition coefficient (Wildman–Crippen LogP) is 8.57. The summed E-state index contributed by atoms with van der Waals surface area (Å²) in [6.45, 7) is 15.4. The monoisotopic (exact) mass is 1110 g/mol. The van der Waals surface area contributed by atoms with Crippen LogP contribution in [-0.4, -0.2) is 176 Å². The molecular weight excluding hydrogens is 1010 g/mol. The minimum absolute atomic E-state index is 0. The summed E-state index contributed by atoms with van der Waals surface area (Å²) in [5, 5.41) is 72.2. The molecule has 0 aromatic rings. The molecule has 0 aromatic heterocycles. The van der Waals surface area contributed by atoms with E-state index < -0.39 is 69.8 Å². The summed E-state index contributed by atoms with van der Waals surface area (Å²) >= 11 is 5.20. The SMILES string of the molecule is C1CCOC1.CC(C)(CO)C(O)C(=O)CCCC(=O)O.CC(C)(CO)C(O)C(=O)CCCC(=O)O.CCCCCCCCCC(=O)Cl.CCCCCCCCCC(=O)OCC(C)(C)C(O)C(=O)CCCC(=O)O.[Ca+2]. The van der Waals surface area contributed by atoms with Crippen molar-refractivity contribution in [2.45, 2.75) is 247 Å². The Morgan fingerprint density at radius 1 is 0.459 bits per heavy atom. The van der Waals surface area contributed by atoms with Gasteiger partial charge in [-0.05, 0) is 56.5 Å². The van der Waals surface area contributed by atoms with Crippen LogP contribution in [0.2, 0.25) is 0 Å². The zero-order valence-electron chi connectivity index (χ0n) is 46.6. The van der Waals surface area contributed by atoms with Crippen molar-refractivity contribution in [3.8, 4) is 0 Å². The number of carbonyl (C=O) groups excluding carboxylic acids is 5. The average Bonchev–Trinajstić information content (AvgIpc) is 3.93. The molecule has 0 saturated carbocycles. The first kappa shape index (κ1) is 80.7. The van der Waals surface area contributed by atoms with Crippen LogP contribution in [0.3, 0.4) is 0 Å². The van der Waals surface area contributed by atoms with Gasteiger partial charge in [-0.25, -0.2) is 0 Å². The minimum atomic E-state index is -1.28. The fourth-order valence-electron chi connectivity index (χ4n) is 6.51. The number of unbranched alkanes of at least 4 members (excludes halogenated alkanes) is 12. The molecule has 0 radical (unpaired) electrons. The van der Waals surface area contributed by atoms with E-state index in [1.807, 2.05) is 0 Å². The average molecular weight is 1110 g/mol. The Morgan fingerprint density at radius 2 is 0.757 bits per heavy atom. The Labute approximate surface area is 477 Å².